The van der Waals surface area contributed by atoms with Gasteiger partial charge in [0.05, 0.1) is 12.8 Å². The summed E-state index contributed by atoms with van der Waals surface area (Å²) >= 11 is 0. The van der Waals surface area contributed by atoms with Crippen molar-refractivity contribution >= 4 is 17.8 Å². The molecule has 0 spiro atoms. The Labute approximate surface area is 93.3 Å². The standard InChI is InChI=1S/C12H13NO3/c14-11(9-3-4-9)8-13-12(15)6-5-10-2-1-7-16-10/h1-2,5-7,9H,3-4,8H2,(H,13,15). The summed E-state index contributed by atoms with van der Waals surface area (Å²) in [7, 11) is 0. The molecule has 1 amide bonds. The third kappa shape index (κ3) is 3.08. The van der Waals surface area contributed by atoms with Crippen LogP contribution in [-0.4, -0.2) is 18.2 Å². The van der Waals surface area contributed by atoms with Gasteiger partial charge in [-0.3, -0.25) is 9.59 Å². The highest BCUT2D eigenvalue weighted by atomic mass is 16.3. The number of ketones is 1. The van der Waals surface area contributed by atoms with Crippen LogP contribution in [0.2, 0.25) is 0 Å². The van der Waals surface area contributed by atoms with E-state index in [0.717, 1.165) is 12.8 Å². The second-order valence-corrected chi connectivity index (χ2v) is 3.81. The van der Waals surface area contributed by atoms with Crippen molar-refractivity contribution in [3.63, 3.8) is 0 Å². The predicted octanol–water partition coefficient (Wildman–Crippen LogP) is 1.39. The van der Waals surface area contributed by atoms with Gasteiger partial charge in [0.2, 0.25) is 5.91 Å². The van der Waals surface area contributed by atoms with Crippen LogP contribution in [0.15, 0.2) is 28.9 Å². The number of Topliss-reactive ketones (excluding diaryl/α,β-unsaturated/α-hetero) is 1. The van der Waals surface area contributed by atoms with Gasteiger partial charge in [-0.1, -0.05) is 0 Å². The maximum atomic E-state index is 11.3. The number of amides is 1. The molecule has 0 aliphatic heterocycles. The zero-order valence-electron chi connectivity index (χ0n) is 8.81. The fraction of sp³-hybridized carbons (Fsp3) is 0.333. The van der Waals surface area contributed by atoms with Crippen molar-refractivity contribution in [2.75, 3.05) is 6.54 Å². The van der Waals surface area contributed by atoms with Crippen LogP contribution in [0, 0.1) is 5.92 Å². The highest BCUT2D eigenvalue weighted by Gasteiger charge is 2.28. The summed E-state index contributed by atoms with van der Waals surface area (Å²) in [5, 5.41) is 2.55. The molecule has 2 rings (SSSR count). The van der Waals surface area contributed by atoms with Crippen molar-refractivity contribution in [2.45, 2.75) is 12.8 Å². The Morgan fingerprint density at radius 3 is 2.94 bits per heavy atom. The Balaban J connectivity index is 1.73. The van der Waals surface area contributed by atoms with E-state index < -0.39 is 0 Å². The molecular weight excluding hydrogens is 206 g/mol. The van der Waals surface area contributed by atoms with Crippen molar-refractivity contribution in [3.05, 3.63) is 30.2 Å². The Hall–Kier alpha value is -1.84. The molecule has 1 aliphatic carbocycles. The minimum atomic E-state index is -0.273. The topological polar surface area (TPSA) is 59.3 Å². The first kappa shape index (κ1) is 10.7. The molecule has 0 radical (unpaired) electrons. The zero-order valence-corrected chi connectivity index (χ0v) is 8.81. The first-order valence-electron chi connectivity index (χ1n) is 5.28. The smallest absolute Gasteiger partial charge is 0.244 e. The number of furan rings is 1. The maximum absolute atomic E-state index is 11.3. The number of carbonyl (C=O) groups is 2. The summed E-state index contributed by atoms with van der Waals surface area (Å²) in [4.78, 5) is 22.6. The second kappa shape index (κ2) is 4.79. The van der Waals surface area contributed by atoms with Gasteiger partial charge in [0.15, 0.2) is 5.78 Å². The normalized spacial score (nSPS) is 15.2. The summed E-state index contributed by atoms with van der Waals surface area (Å²) in [5.74, 6) is 0.656. The fourth-order valence-corrected chi connectivity index (χ4v) is 1.33. The van der Waals surface area contributed by atoms with Gasteiger partial charge < -0.3 is 9.73 Å². The average Bonchev–Trinajstić information content (AvgIpc) is 3.01. The van der Waals surface area contributed by atoms with Crippen LogP contribution in [0.5, 0.6) is 0 Å². The van der Waals surface area contributed by atoms with Crippen LogP contribution in [0.25, 0.3) is 6.08 Å². The lowest BCUT2D eigenvalue weighted by atomic mass is 10.2. The molecule has 1 aliphatic rings. The molecule has 1 aromatic rings. The summed E-state index contributed by atoms with van der Waals surface area (Å²) in [6.07, 6.45) is 6.40. The van der Waals surface area contributed by atoms with Crippen LogP contribution in [0.1, 0.15) is 18.6 Å². The number of hydrogen-bond donors (Lipinski definition) is 1. The van der Waals surface area contributed by atoms with E-state index in [1.807, 2.05) is 0 Å². The third-order valence-corrected chi connectivity index (χ3v) is 2.41. The largest absolute Gasteiger partial charge is 0.465 e. The molecule has 0 aromatic carbocycles. The van der Waals surface area contributed by atoms with Crippen molar-refractivity contribution in [1.82, 2.24) is 5.32 Å². The van der Waals surface area contributed by atoms with Gasteiger partial charge in [-0.2, -0.15) is 0 Å². The molecule has 4 heteroatoms. The molecule has 0 saturated heterocycles. The van der Waals surface area contributed by atoms with E-state index in [0.29, 0.717) is 5.76 Å². The van der Waals surface area contributed by atoms with Crippen LogP contribution < -0.4 is 5.32 Å². The lowest BCUT2D eigenvalue weighted by Crippen LogP contribution is -2.28. The molecule has 1 heterocycles. The Morgan fingerprint density at radius 1 is 1.50 bits per heavy atom. The minimum absolute atomic E-state index is 0.125. The summed E-state index contributed by atoms with van der Waals surface area (Å²) in [5.41, 5.74) is 0. The SMILES string of the molecule is O=C(C=Cc1ccco1)NCC(=O)C1CC1. The van der Waals surface area contributed by atoms with Crippen molar-refractivity contribution in [3.8, 4) is 0 Å². The quantitative estimate of drug-likeness (QED) is 0.761. The summed E-state index contributed by atoms with van der Waals surface area (Å²) in [6, 6.07) is 3.49. The van der Waals surface area contributed by atoms with E-state index in [-0.39, 0.29) is 24.2 Å². The Bertz CT molecular complexity index is 402. The summed E-state index contributed by atoms with van der Waals surface area (Å²) < 4.78 is 5.02. The molecule has 0 atom stereocenters. The lowest BCUT2D eigenvalue weighted by Gasteiger charge is -1.99. The first-order chi connectivity index (χ1) is 7.75. The molecule has 0 bridgehead atoms. The van der Waals surface area contributed by atoms with E-state index in [2.05, 4.69) is 5.32 Å². The van der Waals surface area contributed by atoms with Gasteiger partial charge in [0, 0.05) is 12.0 Å². The van der Waals surface area contributed by atoms with E-state index >= 15 is 0 Å². The minimum Gasteiger partial charge on any atom is -0.465 e. The van der Waals surface area contributed by atoms with Crippen molar-refractivity contribution < 1.29 is 14.0 Å². The monoisotopic (exact) mass is 219 g/mol. The maximum Gasteiger partial charge on any atom is 0.244 e. The number of rotatable bonds is 5. The van der Waals surface area contributed by atoms with Gasteiger partial charge >= 0.3 is 0 Å². The zero-order chi connectivity index (χ0) is 11.4. The van der Waals surface area contributed by atoms with Gasteiger partial charge in [0.1, 0.15) is 5.76 Å². The van der Waals surface area contributed by atoms with E-state index in [1.165, 1.54) is 12.3 Å². The van der Waals surface area contributed by atoms with E-state index in [1.54, 1.807) is 18.2 Å². The number of carbonyl (C=O) groups excluding carboxylic acids is 2. The first-order valence-corrected chi connectivity index (χ1v) is 5.28. The molecule has 1 aromatic heterocycles. The molecule has 1 fully saturated rings. The van der Waals surface area contributed by atoms with Crippen LogP contribution in [-0.2, 0) is 9.59 Å². The highest BCUT2D eigenvalue weighted by molar-refractivity contribution is 5.95. The highest BCUT2D eigenvalue weighted by Crippen LogP contribution is 2.29. The Kier molecular flexibility index (Phi) is 3.19. The number of hydrogen-bond acceptors (Lipinski definition) is 3. The fourth-order valence-electron chi connectivity index (χ4n) is 1.33. The van der Waals surface area contributed by atoms with E-state index in [9.17, 15) is 9.59 Å². The summed E-state index contributed by atoms with van der Waals surface area (Å²) in [6.45, 7) is 0.131. The van der Waals surface area contributed by atoms with Crippen molar-refractivity contribution in [1.29, 1.82) is 0 Å². The number of nitrogens with one attached hydrogen (secondary N) is 1. The molecule has 1 N–H and O–H groups in total. The average molecular weight is 219 g/mol. The lowest BCUT2D eigenvalue weighted by molar-refractivity contribution is -0.123. The van der Waals surface area contributed by atoms with Gasteiger partial charge in [0.25, 0.3) is 0 Å². The third-order valence-electron chi connectivity index (χ3n) is 2.41. The Morgan fingerprint density at radius 2 is 2.31 bits per heavy atom. The molecular formula is C12H13NO3. The molecule has 4 nitrogen and oxygen atoms in total. The second-order valence-electron chi connectivity index (χ2n) is 3.81. The van der Waals surface area contributed by atoms with Crippen molar-refractivity contribution in [2.24, 2.45) is 5.92 Å². The van der Waals surface area contributed by atoms with Gasteiger partial charge in [-0.25, -0.2) is 0 Å². The molecule has 16 heavy (non-hydrogen) atoms. The van der Waals surface area contributed by atoms with Crippen LogP contribution >= 0.6 is 0 Å². The molecule has 84 valence electrons. The molecule has 0 unspecified atom stereocenters. The van der Waals surface area contributed by atoms with E-state index in [4.69, 9.17) is 4.42 Å². The van der Waals surface area contributed by atoms with Crippen LogP contribution in [0.3, 0.4) is 0 Å². The van der Waals surface area contributed by atoms with Crippen LogP contribution in [0.4, 0.5) is 0 Å². The molecule has 1 saturated carbocycles. The van der Waals surface area contributed by atoms with Gasteiger partial charge in [-0.15, -0.1) is 0 Å². The van der Waals surface area contributed by atoms with Gasteiger partial charge in [-0.05, 0) is 31.1 Å². The predicted molar refractivity (Wildman–Crippen MR) is 58.5 cm³/mol.